The van der Waals surface area contributed by atoms with Gasteiger partial charge >= 0.3 is 0 Å². The number of alkyl halides is 1. The van der Waals surface area contributed by atoms with Crippen molar-refractivity contribution in [3.05, 3.63) is 57.7 Å². The van der Waals surface area contributed by atoms with E-state index in [1.54, 1.807) is 25.1 Å². The van der Waals surface area contributed by atoms with Crippen LogP contribution in [0, 0.1) is 20.8 Å². The number of rotatable bonds is 9. The van der Waals surface area contributed by atoms with E-state index >= 15 is 0 Å². The molecule has 226 valence electrons. The van der Waals surface area contributed by atoms with Gasteiger partial charge < -0.3 is 24.2 Å². The van der Waals surface area contributed by atoms with E-state index in [-0.39, 0.29) is 19.7 Å². The number of anilines is 2. The number of nitrogens with zero attached hydrogens (tertiary/aromatic N) is 7. The second-order valence-electron chi connectivity index (χ2n) is 11.7. The SMILES string of the molecule is CCC[C@@H](O)COc1ccc(Cl)c(-c2nc(-c3c(C)noc3C)c(C)c(N3Cc4cnc(N5CC(C)(F)C5)nc4C3)n2)c1. The molecule has 12 heteroatoms. The fourth-order valence-corrected chi connectivity index (χ4v) is 5.91. The molecule has 0 amide bonds. The third-order valence-corrected chi connectivity index (χ3v) is 8.23. The summed E-state index contributed by atoms with van der Waals surface area (Å²) in [6.45, 7) is 11.2. The summed E-state index contributed by atoms with van der Waals surface area (Å²) in [5.74, 6) is 2.90. The number of ether oxygens (including phenoxy) is 1. The maximum atomic E-state index is 14.1. The van der Waals surface area contributed by atoms with Crippen LogP contribution in [0.1, 0.15) is 55.0 Å². The third kappa shape index (κ3) is 5.75. The van der Waals surface area contributed by atoms with E-state index in [0.29, 0.717) is 59.1 Å². The van der Waals surface area contributed by atoms with Crippen molar-refractivity contribution >= 4 is 23.4 Å². The summed E-state index contributed by atoms with van der Waals surface area (Å²) in [5.41, 5.74) is 4.35. The van der Waals surface area contributed by atoms with Crippen LogP contribution in [0.2, 0.25) is 5.02 Å². The van der Waals surface area contributed by atoms with Gasteiger partial charge in [-0.05, 0) is 52.3 Å². The standard InChI is InChI=1S/C31H35ClFN7O3/c1-6-7-21(41)14-42-22-8-9-24(32)23(10-22)28-36-27(26-18(3)38-43-19(26)4)17(2)29(37-28)39-12-20-11-34-30(35-25(20)13-39)40-15-31(5,33)16-40/h8-11,21,41H,6-7,12-16H2,1-5H3/t21-/m1/s1. The number of aliphatic hydroxyl groups is 1. The topological polar surface area (TPSA) is 114 Å². The molecule has 2 aliphatic heterocycles. The van der Waals surface area contributed by atoms with Crippen molar-refractivity contribution < 1.29 is 18.8 Å². The van der Waals surface area contributed by atoms with Crippen LogP contribution in [-0.4, -0.2) is 61.7 Å². The molecule has 1 saturated heterocycles. The molecular formula is C31H35ClFN7O3. The first-order chi connectivity index (χ1) is 20.5. The summed E-state index contributed by atoms with van der Waals surface area (Å²) in [5, 5.41) is 14.8. The number of aliphatic hydroxyl groups excluding tert-OH is 1. The largest absolute Gasteiger partial charge is 0.491 e. The second kappa shape index (κ2) is 11.3. The minimum atomic E-state index is -1.21. The van der Waals surface area contributed by atoms with Crippen molar-refractivity contribution in [1.29, 1.82) is 0 Å². The maximum Gasteiger partial charge on any atom is 0.225 e. The lowest BCUT2D eigenvalue weighted by molar-refractivity contribution is 0.0994. The van der Waals surface area contributed by atoms with Crippen molar-refractivity contribution in [3.8, 4) is 28.4 Å². The highest BCUT2D eigenvalue weighted by Crippen LogP contribution is 2.39. The lowest BCUT2D eigenvalue weighted by atomic mass is 10.00. The Labute approximate surface area is 254 Å². The molecule has 1 fully saturated rings. The van der Waals surface area contributed by atoms with Crippen molar-refractivity contribution in [1.82, 2.24) is 25.1 Å². The zero-order valence-corrected chi connectivity index (χ0v) is 25.7. The molecule has 10 nitrogen and oxygen atoms in total. The molecular weight excluding hydrogens is 573 g/mol. The van der Waals surface area contributed by atoms with Gasteiger partial charge in [0.2, 0.25) is 5.95 Å². The Bertz CT molecular complexity index is 1650. The Hall–Kier alpha value is -3.83. The molecule has 5 heterocycles. The van der Waals surface area contributed by atoms with Gasteiger partial charge in [-0.25, -0.2) is 24.3 Å². The highest BCUT2D eigenvalue weighted by atomic mass is 35.5. The van der Waals surface area contributed by atoms with Gasteiger partial charge in [-0.15, -0.1) is 0 Å². The zero-order chi connectivity index (χ0) is 30.5. The van der Waals surface area contributed by atoms with Crippen LogP contribution in [0.4, 0.5) is 16.2 Å². The molecule has 0 spiro atoms. The van der Waals surface area contributed by atoms with E-state index in [1.807, 2.05) is 38.8 Å². The molecule has 43 heavy (non-hydrogen) atoms. The predicted octanol–water partition coefficient (Wildman–Crippen LogP) is 5.78. The lowest BCUT2D eigenvalue weighted by Crippen LogP contribution is -2.57. The predicted molar refractivity (Wildman–Crippen MR) is 162 cm³/mol. The fourth-order valence-electron chi connectivity index (χ4n) is 5.71. The van der Waals surface area contributed by atoms with Gasteiger partial charge in [0.1, 0.15) is 29.6 Å². The van der Waals surface area contributed by atoms with Crippen molar-refractivity contribution in [2.24, 2.45) is 0 Å². The lowest BCUT2D eigenvalue weighted by Gasteiger charge is -2.42. The Morgan fingerprint density at radius 3 is 2.63 bits per heavy atom. The van der Waals surface area contributed by atoms with Crippen LogP contribution in [0.15, 0.2) is 28.9 Å². The molecule has 0 aliphatic carbocycles. The molecule has 4 aromatic rings. The van der Waals surface area contributed by atoms with Crippen LogP contribution < -0.4 is 14.5 Å². The summed E-state index contributed by atoms with van der Waals surface area (Å²) < 4.78 is 25.5. The summed E-state index contributed by atoms with van der Waals surface area (Å²) in [6.07, 6.45) is 2.79. The highest BCUT2D eigenvalue weighted by Gasteiger charge is 2.40. The molecule has 6 rings (SSSR count). The number of hydrogen-bond donors (Lipinski definition) is 1. The van der Waals surface area contributed by atoms with Gasteiger partial charge in [-0.1, -0.05) is 30.1 Å². The van der Waals surface area contributed by atoms with Gasteiger partial charge in [0, 0.05) is 29.4 Å². The zero-order valence-electron chi connectivity index (χ0n) is 25.0. The van der Waals surface area contributed by atoms with E-state index in [1.165, 1.54) is 0 Å². The molecule has 0 unspecified atom stereocenters. The van der Waals surface area contributed by atoms with Crippen LogP contribution in [0.3, 0.4) is 0 Å². The van der Waals surface area contributed by atoms with Gasteiger partial charge in [0.15, 0.2) is 5.82 Å². The van der Waals surface area contributed by atoms with Gasteiger partial charge in [-0.2, -0.15) is 0 Å². The van der Waals surface area contributed by atoms with E-state index in [4.69, 9.17) is 35.8 Å². The molecule has 1 atom stereocenters. The van der Waals surface area contributed by atoms with Crippen molar-refractivity contribution in [3.63, 3.8) is 0 Å². The van der Waals surface area contributed by atoms with Crippen molar-refractivity contribution in [2.45, 2.75) is 72.3 Å². The number of fused-ring (bicyclic) bond motifs is 1. The van der Waals surface area contributed by atoms with Crippen molar-refractivity contribution in [2.75, 3.05) is 29.5 Å². The minimum absolute atomic E-state index is 0.177. The second-order valence-corrected chi connectivity index (χ2v) is 12.1. The number of halogens is 2. The third-order valence-electron chi connectivity index (χ3n) is 7.90. The average molecular weight is 608 g/mol. The molecule has 0 radical (unpaired) electrons. The monoisotopic (exact) mass is 607 g/mol. The quantitative estimate of drug-likeness (QED) is 0.251. The maximum absolute atomic E-state index is 14.1. The Morgan fingerprint density at radius 2 is 1.93 bits per heavy atom. The van der Waals surface area contributed by atoms with Crippen LogP contribution in [0.25, 0.3) is 22.6 Å². The molecule has 3 aromatic heterocycles. The van der Waals surface area contributed by atoms with Gasteiger partial charge in [0.05, 0.1) is 53.4 Å². The first kappa shape index (κ1) is 29.3. The molecule has 0 bridgehead atoms. The normalized spacial score (nSPS) is 16.3. The van der Waals surface area contributed by atoms with Crippen LogP contribution >= 0.6 is 11.6 Å². The van der Waals surface area contributed by atoms with Crippen LogP contribution in [-0.2, 0) is 13.1 Å². The number of hydrogen-bond acceptors (Lipinski definition) is 10. The smallest absolute Gasteiger partial charge is 0.225 e. The van der Waals surface area contributed by atoms with E-state index in [9.17, 15) is 9.50 Å². The molecule has 1 N–H and O–H groups in total. The van der Waals surface area contributed by atoms with Gasteiger partial charge in [0.25, 0.3) is 0 Å². The van der Waals surface area contributed by atoms with E-state index < -0.39 is 11.8 Å². The molecule has 1 aromatic carbocycles. The van der Waals surface area contributed by atoms with Gasteiger partial charge in [-0.3, -0.25) is 0 Å². The Morgan fingerprint density at radius 1 is 1.14 bits per heavy atom. The Kier molecular flexibility index (Phi) is 7.72. The Balaban J connectivity index is 1.38. The summed E-state index contributed by atoms with van der Waals surface area (Å²) in [7, 11) is 0. The molecule has 0 saturated carbocycles. The summed E-state index contributed by atoms with van der Waals surface area (Å²) in [4.78, 5) is 23.3. The molecule has 2 aliphatic rings. The summed E-state index contributed by atoms with van der Waals surface area (Å²) in [6, 6.07) is 5.32. The number of aryl methyl sites for hydroxylation is 2. The minimum Gasteiger partial charge on any atom is -0.491 e. The highest BCUT2D eigenvalue weighted by molar-refractivity contribution is 6.33. The van der Waals surface area contributed by atoms with E-state index in [2.05, 4.69) is 15.0 Å². The first-order valence-electron chi connectivity index (χ1n) is 14.5. The first-order valence-corrected chi connectivity index (χ1v) is 14.9. The van der Waals surface area contributed by atoms with E-state index in [0.717, 1.165) is 40.3 Å². The number of aromatic nitrogens is 5. The fraction of sp³-hybridized carbons (Fsp3) is 0.452. The van der Waals surface area contributed by atoms with Crippen LogP contribution in [0.5, 0.6) is 5.75 Å². The average Bonchev–Trinajstić information content (AvgIpc) is 3.53. The summed E-state index contributed by atoms with van der Waals surface area (Å²) >= 11 is 6.72. The number of benzene rings is 1.